The minimum Gasteiger partial charge on any atom is -0.497 e. The van der Waals surface area contributed by atoms with Crippen LogP contribution in [0.2, 0.25) is 18.1 Å². The first-order valence-corrected chi connectivity index (χ1v) is 11.8. The second-order valence-corrected chi connectivity index (χ2v) is 14.0. The molecule has 0 fully saturated rings. The first-order chi connectivity index (χ1) is 10.4. The molecule has 0 aromatic heterocycles. The molecule has 0 heterocycles. The zero-order valence-corrected chi connectivity index (χ0v) is 16.6. The normalized spacial score (nSPS) is 14.9. The lowest BCUT2D eigenvalue weighted by Gasteiger charge is -2.37. The van der Waals surface area contributed by atoms with Crippen molar-refractivity contribution in [1.82, 2.24) is 4.39 Å². The lowest BCUT2D eigenvalue weighted by atomic mass is 10.2. The molecular formula is C15H26N2O4SSi. The predicted octanol–water partition coefficient (Wildman–Crippen LogP) is 3.40. The standard InChI is InChI=1S/C15H26N2O4SSi/c1-15(2,3)23(6,7)17-22(16,19)13-9-8-11(20-4)10-12(13)14(18)21-5/h8-10H,1-7H3,(H2,16,17,19). The van der Waals surface area contributed by atoms with Gasteiger partial charge in [-0.25, -0.2) is 18.2 Å². The molecule has 0 amide bonds. The Morgan fingerprint density at radius 2 is 1.83 bits per heavy atom. The van der Waals surface area contributed by atoms with E-state index in [1.807, 2.05) is 13.1 Å². The molecule has 130 valence electrons. The van der Waals surface area contributed by atoms with E-state index in [1.165, 1.54) is 26.4 Å². The number of esters is 1. The fourth-order valence-corrected chi connectivity index (χ4v) is 6.97. The molecule has 0 aliphatic heterocycles. The molecule has 2 N–H and O–H groups in total. The van der Waals surface area contributed by atoms with Crippen LogP contribution in [0.1, 0.15) is 31.1 Å². The second kappa shape index (κ2) is 6.62. The van der Waals surface area contributed by atoms with E-state index in [0.29, 0.717) is 5.75 Å². The van der Waals surface area contributed by atoms with Crippen LogP contribution in [-0.2, 0) is 14.7 Å². The van der Waals surface area contributed by atoms with Crippen molar-refractivity contribution in [1.29, 1.82) is 4.78 Å². The Bertz CT molecular complexity index is 694. The fourth-order valence-electron chi connectivity index (χ4n) is 1.72. The molecule has 1 unspecified atom stereocenters. The van der Waals surface area contributed by atoms with Crippen LogP contribution >= 0.6 is 0 Å². The van der Waals surface area contributed by atoms with Crippen molar-refractivity contribution in [2.24, 2.45) is 0 Å². The van der Waals surface area contributed by atoms with Crippen molar-refractivity contribution in [3.05, 3.63) is 23.8 Å². The zero-order valence-electron chi connectivity index (χ0n) is 14.8. The summed E-state index contributed by atoms with van der Waals surface area (Å²) in [5.41, 5.74) is 0.0815. The molecule has 0 saturated carbocycles. The van der Waals surface area contributed by atoms with Gasteiger partial charge in [0.15, 0.2) is 0 Å². The predicted molar refractivity (Wildman–Crippen MR) is 93.8 cm³/mol. The fraction of sp³-hybridized carbons (Fsp3) is 0.533. The van der Waals surface area contributed by atoms with Gasteiger partial charge in [-0.15, -0.1) is 0 Å². The Labute approximate surface area is 139 Å². The molecule has 23 heavy (non-hydrogen) atoms. The summed E-state index contributed by atoms with van der Waals surface area (Å²) in [6, 6.07) is 4.52. The summed E-state index contributed by atoms with van der Waals surface area (Å²) in [6.45, 7) is 10.2. The van der Waals surface area contributed by atoms with E-state index in [4.69, 9.17) is 14.3 Å². The first kappa shape index (κ1) is 19.7. The number of carbonyl (C=O) groups excluding carboxylic acids is 1. The summed E-state index contributed by atoms with van der Waals surface area (Å²) in [6.07, 6.45) is 0. The third-order valence-corrected chi connectivity index (χ3v) is 12.1. The van der Waals surface area contributed by atoms with Gasteiger partial charge in [0.2, 0.25) is 0 Å². The van der Waals surface area contributed by atoms with E-state index < -0.39 is 24.1 Å². The van der Waals surface area contributed by atoms with Crippen LogP contribution in [-0.4, -0.2) is 32.6 Å². The van der Waals surface area contributed by atoms with Gasteiger partial charge < -0.3 is 9.47 Å². The van der Waals surface area contributed by atoms with Gasteiger partial charge in [0.05, 0.1) is 24.7 Å². The van der Waals surface area contributed by atoms with Crippen LogP contribution in [0.3, 0.4) is 0 Å². The average molecular weight is 359 g/mol. The molecule has 1 rings (SSSR count). The Kier molecular flexibility index (Phi) is 5.66. The van der Waals surface area contributed by atoms with Crippen molar-refractivity contribution in [2.45, 2.75) is 43.8 Å². The topological polar surface area (TPSA) is 88.5 Å². The van der Waals surface area contributed by atoms with Gasteiger partial charge in [-0.3, -0.25) is 0 Å². The maximum absolute atomic E-state index is 13.0. The van der Waals surface area contributed by atoms with Gasteiger partial charge >= 0.3 is 5.97 Å². The van der Waals surface area contributed by atoms with Crippen molar-refractivity contribution in [3.63, 3.8) is 0 Å². The minimum absolute atomic E-state index is 0.0815. The number of hydrogen-bond acceptors (Lipinski definition) is 5. The van der Waals surface area contributed by atoms with Gasteiger partial charge in [-0.1, -0.05) is 33.9 Å². The van der Waals surface area contributed by atoms with Crippen molar-refractivity contribution in [3.8, 4) is 5.75 Å². The van der Waals surface area contributed by atoms with Gasteiger partial charge in [-0.2, -0.15) is 0 Å². The van der Waals surface area contributed by atoms with Gasteiger partial charge in [0.25, 0.3) is 0 Å². The highest BCUT2D eigenvalue weighted by Crippen LogP contribution is 2.35. The number of methoxy groups -OCH3 is 2. The van der Waals surface area contributed by atoms with Crippen molar-refractivity contribution in [2.75, 3.05) is 14.2 Å². The molecule has 0 spiro atoms. The van der Waals surface area contributed by atoms with E-state index in [-0.39, 0.29) is 15.5 Å². The van der Waals surface area contributed by atoms with Crippen LogP contribution in [0.4, 0.5) is 0 Å². The summed E-state index contributed by atoms with van der Waals surface area (Å²) < 4.78 is 34.3. The molecule has 6 nitrogen and oxygen atoms in total. The molecule has 1 aromatic carbocycles. The lowest BCUT2D eigenvalue weighted by molar-refractivity contribution is 0.0596. The van der Waals surface area contributed by atoms with E-state index in [0.717, 1.165) is 0 Å². The van der Waals surface area contributed by atoms with E-state index >= 15 is 0 Å². The van der Waals surface area contributed by atoms with Gasteiger partial charge in [0.1, 0.15) is 23.9 Å². The van der Waals surface area contributed by atoms with E-state index in [9.17, 15) is 9.00 Å². The zero-order chi connectivity index (χ0) is 18.1. The highest BCUT2D eigenvalue weighted by Gasteiger charge is 2.39. The monoisotopic (exact) mass is 358 g/mol. The van der Waals surface area contributed by atoms with Crippen molar-refractivity contribution < 1.29 is 18.5 Å². The van der Waals surface area contributed by atoms with Crippen LogP contribution in [0.25, 0.3) is 0 Å². The highest BCUT2D eigenvalue weighted by atomic mass is 32.2. The van der Waals surface area contributed by atoms with Crippen LogP contribution in [0, 0.1) is 4.78 Å². The summed E-state index contributed by atoms with van der Waals surface area (Å²) in [7, 11) is -2.84. The second-order valence-electron chi connectivity index (χ2n) is 6.89. The van der Waals surface area contributed by atoms with Crippen molar-refractivity contribution >= 4 is 24.1 Å². The quantitative estimate of drug-likeness (QED) is 0.624. The van der Waals surface area contributed by atoms with Gasteiger partial charge in [0, 0.05) is 0 Å². The molecule has 0 bridgehead atoms. The Hall–Kier alpha value is -1.38. The number of hydrogen-bond donors (Lipinski definition) is 2. The summed E-state index contributed by atoms with van der Waals surface area (Å²) in [5, 5.41) is -0.103. The average Bonchev–Trinajstić information content (AvgIpc) is 2.43. The molecule has 0 radical (unpaired) electrons. The maximum atomic E-state index is 13.0. The molecular weight excluding hydrogens is 332 g/mol. The Morgan fingerprint density at radius 1 is 1.26 bits per heavy atom. The Morgan fingerprint density at radius 3 is 2.26 bits per heavy atom. The summed E-state index contributed by atoms with van der Waals surface area (Å²) >= 11 is 0. The smallest absolute Gasteiger partial charge is 0.339 e. The molecule has 0 aliphatic rings. The highest BCUT2D eigenvalue weighted by molar-refractivity contribution is 7.92. The first-order valence-electron chi connectivity index (χ1n) is 7.20. The Balaban J connectivity index is 3.42. The van der Waals surface area contributed by atoms with Crippen LogP contribution < -0.4 is 9.12 Å². The molecule has 0 aliphatic carbocycles. The van der Waals surface area contributed by atoms with Crippen LogP contribution in [0.15, 0.2) is 23.1 Å². The van der Waals surface area contributed by atoms with E-state index in [2.05, 4.69) is 25.2 Å². The lowest BCUT2D eigenvalue weighted by Crippen LogP contribution is -2.54. The van der Waals surface area contributed by atoms with Gasteiger partial charge in [-0.05, 0) is 23.2 Å². The maximum Gasteiger partial charge on any atom is 0.339 e. The third kappa shape index (κ3) is 4.33. The van der Waals surface area contributed by atoms with E-state index in [1.54, 1.807) is 6.07 Å². The molecule has 8 heteroatoms. The number of benzene rings is 1. The molecule has 1 atom stereocenters. The third-order valence-electron chi connectivity index (χ3n) is 4.18. The summed E-state index contributed by atoms with van der Waals surface area (Å²) in [5.74, 6) is -0.201. The molecule has 1 aromatic rings. The molecule has 0 saturated heterocycles. The SMILES string of the molecule is COC(=O)c1cc(OC)ccc1S(=N)(=O)N[Si](C)(C)C(C)(C)C. The van der Waals surface area contributed by atoms with Crippen LogP contribution in [0.5, 0.6) is 5.75 Å². The number of rotatable bonds is 5. The minimum atomic E-state index is -3.36. The summed E-state index contributed by atoms with van der Waals surface area (Å²) in [4.78, 5) is 12.1. The number of nitrogens with one attached hydrogen (secondary N) is 2. The number of carbonyl (C=O) groups is 1. The largest absolute Gasteiger partial charge is 0.497 e. The number of ether oxygens (including phenoxy) is 2.